The van der Waals surface area contributed by atoms with E-state index in [0.717, 1.165) is 17.0 Å². The Kier molecular flexibility index (Phi) is 4.28. The van der Waals surface area contributed by atoms with E-state index in [1.54, 1.807) is 5.38 Å². The summed E-state index contributed by atoms with van der Waals surface area (Å²) < 4.78 is 5.76. The van der Waals surface area contributed by atoms with Gasteiger partial charge in [-0.15, -0.1) is 11.3 Å². The first-order valence-electron chi connectivity index (χ1n) is 6.90. The van der Waals surface area contributed by atoms with Crippen molar-refractivity contribution in [2.24, 2.45) is 5.73 Å². The van der Waals surface area contributed by atoms with Gasteiger partial charge in [0.25, 0.3) is 5.91 Å². The van der Waals surface area contributed by atoms with E-state index in [-0.39, 0.29) is 18.1 Å². The highest BCUT2D eigenvalue weighted by Crippen LogP contribution is 2.29. The van der Waals surface area contributed by atoms with Crippen molar-refractivity contribution in [1.29, 1.82) is 0 Å². The second kappa shape index (κ2) is 6.34. The first-order chi connectivity index (χ1) is 10.3. The lowest BCUT2D eigenvalue weighted by atomic mass is 10.0. The number of nitrogens with one attached hydrogen (secondary N) is 1. The molecule has 1 amide bonds. The highest BCUT2D eigenvalue weighted by molar-refractivity contribution is 7.09. The summed E-state index contributed by atoms with van der Waals surface area (Å²) in [4.78, 5) is 16.5. The summed E-state index contributed by atoms with van der Waals surface area (Å²) in [5.41, 5.74) is 7.04. The Morgan fingerprint density at radius 2 is 2.24 bits per heavy atom. The molecule has 0 radical (unpaired) electrons. The third-order valence-electron chi connectivity index (χ3n) is 3.50. The maximum Gasteiger partial charge on any atom is 0.271 e. The number of benzene rings is 1. The lowest BCUT2D eigenvalue weighted by Crippen LogP contribution is -2.37. The minimum atomic E-state index is -0.164. The Bertz CT molecular complexity index is 614. The van der Waals surface area contributed by atoms with Crippen LogP contribution in [0.4, 0.5) is 0 Å². The second-order valence-electron chi connectivity index (χ2n) is 4.90. The van der Waals surface area contributed by atoms with Crippen molar-refractivity contribution < 1.29 is 9.53 Å². The fourth-order valence-electron chi connectivity index (χ4n) is 2.46. The molecule has 1 aliphatic heterocycles. The van der Waals surface area contributed by atoms with Crippen molar-refractivity contribution >= 4 is 17.2 Å². The number of nitrogens with zero attached hydrogens (tertiary/aromatic N) is 1. The molecule has 0 bridgehead atoms. The van der Waals surface area contributed by atoms with E-state index in [1.165, 1.54) is 11.3 Å². The number of carbonyl (C=O) groups is 1. The Morgan fingerprint density at radius 1 is 1.43 bits per heavy atom. The first kappa shape index (κ1) is 14.2. The molecule has 110 valence electrons. The van der Waals surface area contributed by atoms with Crippen LogP contribution >= 0.6 is 11.3 Å². The maximum absolute atomic E-state index is 12.2. The van der Waals surface area contributed by atoms with Gasteiger partial charge in [0.1, 0.15) is 16.8 Å². The van der Waals surface area contributed by atoms with Crippen molar-refractivity contribution in [3.63, 3.8) is 0 Å². The monoisotopic (exact) mass is 303 g/mol. The molecule has 0 spiro atoms. The van der Waals surface area contributed by atoms with Crippen LogP contribution in [0.25, 0.3) is 0 Å². The van der Waals surface area contributed by atoms with Crippen LogP contribution in [0.2, 0.25) is 0 Å². The number of ether oxygens (including phenoxy) is 1. The smallest absolute Gasteiger partial charge is 0.271 e. The average molecular weight is 303 g/mol. The quantitative estimate of drug-likeness (QED) is 0.904. The molecule has 2 heterocycles. The number of hydrogen-bond acceptors (Lipinski definition) is 5. The summed E-state index contributed by atoms with van der Waals surface area (Å²) in [5, 5.41) is 5.53. The van der Waals surface area contributed by atoms with E-state index in [9.17, 15) is 4.79 Å². The van der Waals surface area contributed by atoms with Crippen molar-refractivity contribution in [2.75, 3.05) is 6.61 Å². The predicted molar refractivity (Wildman–Crippen MR) is 81.0 cm³/mol. The average Bonchev–Trinajstić information content (AvgIpc) is 3.17. The minimum Gasteiger partial charge on any atom is -0.371 e. The lowest BCUT2D eigenvalue weighted by molar-refractivity contribution is 0.0818. The molecule has 2 unspecified atom stereocenters. The van der Waals surface area contributed by atoms with Crippen LogP contribution in [-0.4, -0.2) is 23.5 Å². The van der Waals surface area contributed by atoms with Gasteiger partial charge in [-0.25, -0.2) is 4.98 Å². The summed E-state index contributed by atoms with van der Waals surface area (Å²) >= 11 is 1.40. The van der Waals surface area contributed by atoms with Crippen LogP contribution in [0, 0.1) is 0 Å². The number of carbonyl (C=O) groups excluding carboxylic acids is 1. The van der Waals surface area contributed by atoms with Gasteiger partial charge in [-0.05, 0) is 12.0 Å². The molecule has 1 aliphatic rings. The van der Waals surface area contributed by atoms with E-state index in [0.29, 0.717) is 18.8 Å². The number of aromatic nitrogens is 1. The highest BCUT2D eigenvalue weighted by Gasteiger charge is 2.31. The molecule has 6 heteroatoms. The maximum atomic E-state index is 12.2. The Hall–Kier alpha value is -1.76. The summed E-state index contributed by atoms with van der Waals surface area (Å²) in [6.45, 7) is 1.01. The van der Waals surface area contributed by atoms with E-state index in [1.807, 2.05) is 30.3 Å². The molecule has 21 heavy (non-hydrogen) atoms. The molecular formula is C15H17N3O2S. The van der Waals surface area contributed by atoms with Crippen LogP contribution in [0.1, 0.15) is 33.6 Å². The summed E-state index contributed by atoms with van der Waals surface area (Å²) in [7, 11) is 0. The van der Waals surface area contributed by atoms with Gasteiger partial charge in [0.2, 0.25) is 0 Å². The molecule has 5 nitrogen and oxygen atoms in total. The Morgan fingerprint density at radius 3 is 2.95 bits per heavy atom. The molecule has 1 aromatic heterocycles. The van der Waals surface area contributed by atoms with E-state index in [4.69, 9.17) is 10.5 Å². The Labute approximate surface area is 127 Å². The number of amides is 1. The summed E-state index contributed by atoms with van der Waals surface area (Å²) in [6, 6.07) is 9.93. The number of rotatable bonds is 4. The van der Waals surface area contributed by atoms with Gasteiger partial charge in [0.05, 0.1) is 6.04 Å². The van der Waals surface area contributed by atoms with Crippen molar-refractivity contribution in [1.82, 2.24) is 10.3 Å². The zero-order chi connectivity index (χ0) is 14.7. The molecule has 3 N–H and O–H groups in total. The molecule has 3 rings (SSSR count). The molecule has 0 aliphatic carbocycles. The van der Waals surface area contributed by atoms with Gasteiger partial charge in [0.15, 0.2) is 0 Å². The van der Waals surface area contributed by atoms with Crippen LogP contribution < -0.4 is 11.1 Å². The van der Waals surface area contributed by atoms with E-state index < -0.39 is 0 Å². The fourth-order valence-corrected chi connectivity index (χ4v) is 3.11. The zero-order valence-electron chi connectivity index (χ0n) is 11.5. The van der Waals surface area contributed by atoms with Gasteiger partial charge in [-0.2, -0.15) is 0 Å². The standard InChI is InChI=1S/C15H17N3O2S/c16-8-13-17-12(9-21-13)15(19)18-11-6-7-20-14(11)10-4-2-1-3-5-10/h1-5,9,11,14H,6-8,16H2,(H,18,19). The number of thiazole rings is 1. The van der Waals surface area contributed by atoms with Crippen LogP contribution in [-0.2, 0) is 11.3 Å². The molecule has 1 fully saturated rings. The van der Waals surface area contributed by atoms with Gasteiger partial charge >= 0.3 is 0 Å². The van der Waals surface area contributed by atoms with Gasteiger partial charge in [0, 0.05) is 18.5 Å². The second-order valence-corrected chi connectivity index (χ2v) is 5.84. The molecule has 2 atom stereocenters. The Balaban J connectivity index is 1.70. The molecule has 2 aromatic rings. The lowest BCUT2D eigenvalue weighted by Gasteiger charge is -2.19. The fraction of sp³-hybridized carbons (Fsp3) is 0.333. The van der Waals surface area contributed by atoms with E-state index in [2.05, 4.69) is 10.3 Å². The zero-order valence-corrected chi connectivity index (χ0v) is 12.3. The van der Waals surface area contributed by atoms with Crippen molar-refractivity contribution in [3.05, 3.63) is 52.0 Å². The van der Waals surface area contributed by atoms with Gasteiger partial charge in [-0.3, -0.25) is 4.79 Å². The minimum absolute atomic E-state index is 0.0251. The molecule has 0 saturated carbocycles. The normalized spacial score (nSPS) is 21.4. The molecule has 1 aromatic carbocycles. The van der Waals surface area contributed by atoms with Gasteiger partial charge in [-0.1, -0.05) is 30.3 Å². The first-order valence-corrected chi connectivity index (χ1v) is 7.78. The van der Waals surface area contributed by atoms with E-state index >= 15 is 0 Å². The van der Waals surface area contributed by atoms with Crippen LogP contribution in [0.15, 0.2) is 35.7 Å². The SMILES string of the molecule is NCc1nc(C(=O)NC2CCOC2c2ccccc2)cs1. The summed E-state index contributed by atoms with van der Waals surface area (Å²) in [5.74, 6) is -0.164. The molecule has 1 saturated heterocycles. The third-order valence-corrected chi connectivity index (χ3v) is 4.37. The van der Waals surface area contributed by atoms with Crippen molar-refractivity contribution in [2.45, 2.75) is 25.1 Å². The number of hydrogen-bond donors (Lipinski definition) is 2. The van der Waals surface area contributed by atoms with Crippen LogP contribution in [0.3, 0.4) is 0 Å². The third kappa shape index (κ3) is 3.12. The predicted octanol–water partition coefficient (Wildman–Crippen LogP) is 1.86. The summed E-state index contributed by atoms with van der Waals surface area (Å²) in [6.07, 6.45) is 0.710. The highest BCUT2D eigenvalue weighted by atomic mass is 32.1. The van der Waals surface area contributed by atoms with Gasteiger partial charge < -0.3 is 15.8 Å². The topological polar surface area (TPSA) is 77.2 Å². The largest absolute Gasteiger partial charge is 0.371 e. The van der Waals surface area contributed by atoms with Crippen LogP contribution in [0.5, 0.6) is 0 Å². The van der Waals surface area contributed by atoms with Crippen molar-refractivity contribution in [3.8, 4) is 0 Å². The number of nitrogens with two attached hydrogens (primary N) is 1. The molecular weight excluding hydrogens is 286 g/mol.